The normalized spacial score (nSPS) is 13.2. The Bertz CT molecular complexity index is 152. The Morgan fingerprint density at radius 1 is 1.33 bits per heavy atom. The molecule has 0 aromatic carbocycles. The van der Waals surface area contributed by atoms with Gasteiger partial charge in [-0.1, -0.05) is 11.6 Å². The van der Waals surface area contributed by atoms with Crippen molar-refractivity contribution in [1.29, 1.82) is 0 Å². The third kappa shape index (κ3) is 5.93. The van der Waals surface area contributed by atoms with Crippen LogP contribution in [0.5, 0.6) is 0 Å². The number of rotatable bonds is 0. The van der Waals surface area contributed by atoms with Gasteiger partial charge in [0, 0.05) is 53.3 Å². The van der Waals surface area contributed by atoms with Gasteiger partial charge >= 0.3 is 0 Å². The smallest absolute Gasteiger partial charge is 0.0160 e. The SMILES string of the molecule is CC1=CC=C=C[CH]1.[I-].[Yb]. The average Bonchev–Trinajstić information content (AvgIpc) is 1.69. The van der Waals surface area contributed by atoms with Gasteiger partial charge in [-0.25, -0.2) is 0 Å². The molecule has 0 fully saturated rings. The quantitative estimate of drug-likeness (QED) is 0.362. The summed E-state index contributed by atoms with van der Waals surface area (Å²) in [6.07, 6.45) is 7.88. The standard InChI is InChI=1S/C7H7.HI.Yb/c1-7-5-3-2-4-6-7;;/h3-6H,1H3;1H;/p-1. The van der Waals surface area contributed by atoms with Gasteiger partial charge < -0.3 is 24.0 Å². The molecule has 0 atom stereocenters. The maximum absolute atomic E-state index is 2.93. The van der Waals surface area contributed by atoms with Gasteiger partial charge in [0.15, 0.2) is 0 Å². The first-order valence-corrected chi connectivity index (χ1v) is 2.32. The van der Waals surface area contributed by atoms with Gasteiger partial charge in [-0.3, -0.25) is 0 Å². The second kappa shape index (κ2) is 7.61. The molecule has 0 saturated heterocycles. The van der Waals surface area contributed by atoms with E-state index < -0.39 is 0 Å². The maximum atomic E-state index is 2.93. The van der Waals surface area contributed by atoms with Crippen LogP contribution in [0.4, 0.5) is 0 Å². The Balaban J connectivity index is 0. The molecule has 0 N–H and O–H groups in total. The largest absolute Gasteiger partial charge is 1.00 e. The van der Waals surface area contributed by atoms with Crippen LogP contribution in [0.1, 0.15) is 6.92 Å². The fraction of sp³-hybridized carbons (Fsp3) is 0.143. The minimum atomic E-state index is 0. The second-order valence-electron chi connectivity index (χ2n) is 1.58. The van der Waals surface area contributed by atoms with Crippen molar-refractivity contribution in [1.82, 2.24) is 0 Å². The number of hydrogen-bond acceptors (Lipinski definition) is 0. The summed E-state index contributed by atoms with van der Waals surface area (Å²) in [7, 11) is 0. The predicted octanol–water partition coefficient (Wildman–Crippen LogP) is -1.13. The molecule has 0 saturated carbocycles. The molecule has 0 amide bonds. The molecule has 0 aromatic heterocycles. The predicted molar refractivity (Wildman–Crippen MR) is 30.7 cm³/mol. The Labute approximate surface area is 112 Å². The molecule has 0 heterocycles. The molecule has 0 unspecified atom stereocenters. The van der Waals surface area contributed by atoms with Crippen molar-refractivity contribution < 1.29 is 70.9 Å². The van der Waals surface area contributed by atoms with E-state index in [-0.39, 0.29) is 70.9 Å². The average molecular weight is 391 g/mol. The van der Waals surface area contributed by atoms with Gasteiger partial charge in [-0.05, 0) is 19.1 Å². The molecule has 0 aromatic rings. The fourth-order valence-corrected chi connectivity index (χ4v) is 0.470. The minimum absolute atomic E-state index is 0. The van der Waals surface area contributed by atoms with Crippen LogP contribution in [0.25, 0.3) is 0 Å². The van der Waals surface area contributed by atoms with Gasteiger partial charge in [0.2, 0.25) is 0 Å². The summed E-state index contributed by atoms with van der Waals surface area (Å²) in [5.41, 5.74) is 4.22. The van der Waals surface area contributed by atoms with Crippen molar-refractivity contribution in [2.24, 2.45) is 0 Å². The molecule has 0 nitrogen and oxygen atoms in total. The van der Waals surface area contributed by atoms with Crippen LogP contribution in [0, 0.1) is 53.3 Å². The van der Waals surface area contributed by atoms with Crippen molar-refractivity contribution in [3.8, 4) is 0 Å². The molecular weight excluding hydrogens is 384 g/mol. The summed E-state index contributed by atoms with van der Waals surface area (Å²) in [5.74, 6) is 0. The van der Waals surface area contributed by atoms with E-state index in [9.17, 15) is 0 Å². The summed E-state index contributed by atoms with van der Waals surface area (Å²) in [4.78, 5) is 0. The van der Waals surface area contributed by atoms with Crippen molar-refractivity contribution >= 4 is 0 Å². The van der Waals surface area contributed by atoms with Gasteiger partial charge in [0.05, 0.1) is 0 Å². The summed E-state index contributed by atoms with van der Waals surface area (Å²) >= 11 is 0. The summed E-state index contributed by atoms with van der Waals surface area (Å²) in [5, 5.41) is 0. The molecule has 9 heavy (non-hydrogen) atoms. The zero-order valence-corrected chi connectivity index (χ0v) is 8.83. The van der Waals surface area contributed by atoms with Gasteiger partial charge in [0.25, 0.3) is 0 Å². The molecule has 1 radical (unpaired) electrons. The molecule has 2 heteroatoms. The number of hydrogen-bond donors (Lipinski definition) is 0. The van der Waals surface area contributed by atoms with E-state index in [2.05, 4.69) is 12.7 Å². The fourth-order valence-electron chi connectivity index (χ4n) is 0.470. The van der Waals surface area contributed by atoms with E-state index in [1.165, 1.54) is 5.57 Å². The molecule has 57 valence electrons. The second-order valence-corrected chi connectivity index (χ2v) is 1.58. The first-order valence-electron chi connectivity index (χ1n) is 2.32. The van der Waals surface area contributed by atoms with E-state index in [1.54, 1.807) is 0 Å². The molecule has 0 spiro atoms. The van der Waals surface area contributed by atoms with Gasteiger partial charge in [-0.2, -0.15) is 0 Å². The summed E-state index contributed by atoms with van der Waals surface area (Å²) in [6, 6.07) is 0. The zero-order valence-electron chi connectivity index (χ0n) is 4.95. The molecule has 1 rings (SSSR count). The molecular formula is C7H7IYb-. The third-order valence-corrected chi connectivity index (χ3v) is 0.885. The van der Waals surface area contributed by atoms with Crippen LogP contribution < -0.4 is 24.0 Å². The maximum Gasteiger partial charge on any atom is 0.0160 e. The van der Waals surface area contributed by atoms with Crippen molar-refractivity contribution in [2.45, 2.75) is 6.92 Å². The van der Waals surface area contributed by atoms with Gasteiger partial charge in [-0.15, -0.1) is 5.73 Å². The molecule has 0 aliphatic heterocycles. The van der Waals surface area contributed by atoms with E-state index in [0.717, 1.165) is 0 Å². The van der Waals surface area contributed by atoms with E-state index in [0.29, 0.717) is 0 Å². The summed E-state index contributed by atoms with van der Waals surface area (Å²) < 4.78 is 0. The first-order chi connectivity index (χ1) is 3.39. The first kappa shape index (κ1) is 13.1. The topological polar surface area (TPSA) is 0 Å². The van der Waals surface area contributed by atoms with E-state index >= 15 is 0 Å². The van der Waals surface area contributed by atoms with Crippen LogP contribution in [0.2, 0.25) is 0 Å². The Morgan fingerprint density at radius 2 is 2.00 bits per heavy atom. The van der Waals surface area contributed by atoms with Crippen LogP contribution in [0.15, 0.2) is 29.5 Å². The van der Waals surface area contributed by atoms with Crippen LogP contribution in [0.3, 0.4) is 0 Å². The molecule has 1 aliphatic rings. The molecule has 0 bridgehead atoms. The molecule has 1 aliphatic carbocycles. The monoisotopic (exact) mass is 392 g/mol. The minimum Gasteiger partial charge on any atom is -1.00 e. The van der Waals surface area contributed by atoms with Crippen LogP contribution in [-0.2, 0) is 0 Å². The van der Waals surface area contributed by atoms with Crippen molar-refractivity contribution in [2.75, 3.05) is 0 Å². The van der Waals surface area contributed by atoms with E-state index in [1.807, 2.05) is 24.6 Å². The van der Waals surface area contributed by atoms with Crippen LogP contribution in [-0.4, -0.2) is 0 Å². The summed E-state index contributed by atoms with van der Waals surface area (Å²) in [6.45, 7) is 2.06. The zero-order chi connectivity index (χ0) is 5.11. The van der Waals surface area contributed by atoms with Gasteiger partial charge in [0.1, 0.15) is 0 Å². The Kier molecular flexibility index (Phi) is 11.1. The van der Waals surface area contributed by atoms with Crippen LogP contribution >= 0.6 is 0 Å². The van der Waals surface area contributed by atoms with Crippen molar-refractivity contribution in [3.63, 3.8) is 0 Å². The van der Waals surface area contributed by atoms with E-state index in [4.69, 9.17) is 0 Å². The number of allylic oxidation sites excluding steroid dienone is 3. The van der Waals surface area contributed by atoms with Crippen molar-refractivity contribution in [3.05, 3.63) is 36.0 Å². The Hall–Kier alpha value is 1.51. The Morgan fingerprint density at radius 3 is 2.22 bits per heavy atom. The number of halogens is 1. The third-order valence-electron chi connectivity index (χ3n) is 0.885.